The van der Waals surface area contributed by atoms with Crippen LogP contribution in [0.1, 0.15) is 5.69 Å². The zero-order valence-corrected chi connectivity index (χ0v) is 14.3. The predicted molar refractivity (Wildman–Crippen MR) is 97.2 cm³/mol. The molecule has 130 valence electrons. The number of rotatable bonds is 4. The summed E-state index contributed by atoms with van der Waals surface area (Å²) in [5.74, 6) is 0.975. The summed E-state index contributed by atoms with van der Waals surface area (Å²) in [5, 5.41) is 3.20. The number of nitrogens with one attached hydrogen (secondary N) is 1. The van der Waals surface area contributed by atoms with Crippen LogP contribution in [-0.4, -0.2) is 26.5 Å². The molecule has 0 fully saturated rings. The zero-order chi connectivity index (χ0) is 18.1. The highest BCUT2D eigenvalue weighted by atomic mass is 19.1. The molecule has 0 radical (unpaired) electrons. The minimum Gasteiger partial charge on any atom is -0.497 e. The van der Waals surface area contributed by atoms with Crippen molar-refractivity contribution in [2.24, 2.45) is 0 Å². The Kier molecular flexibility index (Phi) is 3.96. The lowest BCUT2D eigenvalue weighted by atomic mass is 10.2. The Morgan fingerprint density at radius 1 is 1.12 bits per heavy atom. The van der Waals surface area contributed by atoms with Crippen molar-refractivity contribution in [2.75, 3.05) is 12.4 Å². The monoisotopic (exact) mass is 349 g/mol. The number of aryl methyl sites for hydroxylation is 1. The zero-order valence-electron chi connectivity index (χ0n) is 14.3. The van der Waals surface area contributed by atoms with Gasteiger partial charge in [0.1, 0.15) is 28.7 Å². The van der Waals surface area contributed by atoms with E-state index in [1.807, 2.05) is 31.2 Å². The van der Waals surface area contributed by atoms with Gasteiger partial charge in [0.2, 0.25) is 0 Å². The lowest BCUT2D eigenvalue weighted by Gasteiger charge is -2.09. The maximum absolute atomic E-state index is 13.7. The van der Waals surface area contributed by atoms with E-state index in [0.717, 1.165) is 17.1 Å². The summed E-state index contributed by atoms with van der Waals surface area (Å²) in [6.45, 7) is 1.87. The van der Waals surface area contributed by atoms with Gasteiger partial charge in [0, 0.05) is 18.0 Å². The van der Waals surface area contributed by atoms with E-state index in [1.165, 1.54) is 12.3 Å². The Hall–Kier alpha value is -3.48. The van der Waals surface area contributed by atoms with Crippen LogP contribution in [0, 0.1) is 12.7 Å². The first kappa shape index (κ1) is 16.0. The molecule has 0 saturated heterocycles. The molecule has 0 bridgehead atoms. The van der Waals surface area contributed by atoms with Gasteiger partial charge in [0.25, 0.3) is 0 Å². The SMILES string of the molecule is COc1cccc(Nc2cncc(-c3c(C)nc4ccc(F)cn34)n2)c1. The van der Waals surface area contributed by atoms with Crippen LogP contribution in [0.2, 0.25) is 0 Å². The summed E-state index contributed by atoms with van der Waals surface area (Å²) in [4.78, 5) is 13.3. The number of ether oxygens (including phenoxy) is 1. The molecule has 1 aromatic carbocycles. The van der Waals surface area contributed by atoms with Gasteiger partial charge in [-0.2, -0.15) is 0 Å². The molecule has 4 aromatic rings. The first-order valence-electron chi connectivity index (χ1n) is 8.02. The van der Waals surface area contributed by atoms with Crippen molar-refractivity contribution in [1.29, 1.82) is 0 Å². The molecule has 3 heterocycles. The number of halogens is 1. The van der Waals surface area contributed by atoms with E-state index >= 15 is 0 Å². The van der Waals surface area contributed by atoms with Crippen molar-refractivity contribution >= 4 is 17.2 Å². The predicted octanol–water partition coefficient (Wildman–Crippen LogP) is 3.99. The molecule has 6 nitrogen and oxygen atoms in total. The van der Waals surface area contributed by atoms with Crippen LogP contribution < -0.4 is 10.1 Å². The van der Waals surface area contributed by atoms with Crippen molar-refractivity contribution < 1.29 is 9.13 Å². The van der Waals surface area contributed by atoms with Gasteiger partial charge >= 0.3 is 0 Å². The number of hydrogen-bond donors (Lipinski definition) is 1. The normalized spacial score (nSPS) is 10.9. The third-order valence-electron chi connectivity index (χ3n) is 3.98. The Labute approximate surface area is 149 Å². The van der Waals surface area contributed by atoms with E-state index in [9.17, 15) is 4.39 Å². The Bertz CT molecular complexity index is 1090. The molecule has 3 aromatic heterocycles. The maximum atomic E-state index is 13.7. The fourth-order valence-electron chi connectivity index (χ4n) is 2.83. The Morgan fingerprint density at radius 2 is 2.00 bits per heavy atom. The molecule has 7 heteroatoms. The van der Waals surface area contributed by atoms with Gasteiger partial charge in [0.15, 0.2) is 0 Å². The van der Waals surface area contributed by atoms with Crippen molar-refractivity contribution in [3.63, 3.8) is 0 Å². The van der Waals surface area contributed by atoms with Crippen LogP contribution in [0.5, 0.6) is 5.75 Å². The quantitative estimate of drug-likeness (QED) is 0.603. The van der Waals surface area contributed by atoms with Gasteiger partial charge in [-0.05, 0) is 31.2 Å². The summed E-state index contributed by atoms with van der Waals surface area (Å²) in [7, 11) is 1.62. The molecule has 26 heavy (non-hydrogen) atoms. The molecule has 0 aliphatic rings. The molecular formula is C19H16FN5O. The molecule has 0 amide bonds. The lowest BCUT2D eigenvalue weighted by Crippen LogP contribution is -1.99. The second-order valence-corrected chi connectivity index (χ2v) is 5.77. The van der Waals surface area contributed by atoms with Crippen molar-refractivity contribution in [2.45, 2.75) is 6.92 Å². The number of benzene rings is 1. The highest BCUT2D eigenvalue weighted by molar-refractivity contribution is 5.66. The molecule has 0 unspecified atom stereocenters. The second kappa shape index (κ2) is 6.44. The highest BCUT2D eigenvalue weighted by Gasteiger charge is 2.14. The third kappa shape index (κ3) is 2.95. The van der Waals surface area contributed by atoms with Crippen molar-refractivity contribution in [3.8, 4) is 17.1 Å². The number of imidazole rings is 1. The molecule has 0 atom stereocenters. The van der Waals surface area contributed by atoms with Crippen LogP contribution in [0.25, 0.3) is 17.0 Å². The summed E-state index contributed by atoms with van der Waals surface area (Å²) in [5.41, 5.74) is 3.56. The fraction of sp³-hybridized carbons (Fsp3) is 0.105. The lowest BCUT2D eigenvalue weighted by molar-refractivity contribution is 0.415. The summed E-state index contributed by atoms with van der Waals surface area (Å²) >= 11 is 0. The minimum absolute atomic E-state index is 0.338. The fourth-order valence-corrected chi connectivity index (χ4v) is 2.83. The second-order valence-electron chi connectivity index (χ2n) is 5.77. The maximum Gasteiger partial charge on any atom is 0.149 e. The van der Waals surface area contributed by atoms with Crippen molar-refractivity contribution in [3.05, 3.63) is 66.5 Å². The van der Waals surface area contributed by atoms with Gasteiger partial charge in [0.05, 0.1) is 30.9 Å². The topological polar surface area (TPSA) is 64.3 Å². The summed E-state index contributed by atoms with van der Waals surface area (Å²) < 4.78 is 20.6. The van der Waals surface area contributed by atoms with E-state index in [4.69, 9.17) is 4.74 Å². The Morgan fingerprint density at radius 3 is 2.85 bits per heavy atom. The minimum atomic E-state index is -0.338. The van der Waals surface area contributed by atoms with Crippen LogP contribution in [0.15, 0.2) is 55.0 Å². The molecule has 0 aliphatic carbocycles. The van der Waals surface area contributed by atoms with Gasteiger partial charge < -0.3 is 10.1 Å². The average molecular weight is 349 g/mol. The van der Waals surface area contributed by atoms with Crippen LogP contribution in [-0.2, 0) is 0 Å². The number of hydrogen-bond acceptors (Lipinski definition) is 5. The molecule has 0 saturated carbocycles. The summed E-state index contributed by atoms with van der Waals surface area (Å²) in [6, 6.07) is 10.5. The van der Waals surface area contributed by atoms with Crippen LogP contribution >= 0.6 is 0 Å². The van der Waals surface area contributed by atoms with E-state index < -0.39 is 0 Å². The van der Waals surface area contributed by atoms with Gasteiger partial charge in [-0.15, -0.1) is 0 Å². The molecule has 0 spiro atoms. The molecular weight excluding hydrogens is 333 g/mol. The number of methoxy groups -OCH3 is 1. The van der Waals surface area contributed by atoms with E-state index in [2.05, 4.69) is 20.3 Å². The first-order chi connectivity index (χ1) is 12.6. The number of pyridine rings is 1. The number of fused-ring (bicyclic) bond motifs is 1. The average Bonchev–Trinajstić information content (AvgIpc) is 2.97. The number of anilines is 2. The van der Waals surface area contributed by atoms with Crippen molar-refractivity contribution in [1.82, 2.24) is 19.4 Å². The van der Waals surface area contributed by atoms with Gasteiger partial charge in [-0.25, -0.2) is 14.4 Å². The molecule has 1 N–H and O–H groups in total. The number of nitrogens with zero attached hydrogens (tertiary/aromatic N) is 4. The first-order valence-corrected chi connectivity index (χ1v) is 8.02. The van der Waals surface area contributed by atoms with Crippen LogP contribution in [0.4, 0.5) is 15.9 Å². The van der Waals surface area contributed by atoms with E-state index in [1.54, 1.807) is 30.0 Å². The standard InChI is InChI=1S/C19H16FN5O/c1-12-19(25-11-13(20)6-7-18(25)22-12)16-9-21-10-17(24-16)23-14-4-3-5-15(8-14)26-2/h3-11H,1-2H3,(H,23,24). The van der Waals surface area contributed by atoms with Gasteiger partial charge in [-0.3, -0.25) is 9.38 Å². The van der Waals surface area contributed by atoms with E-state index in [0.29, 0.717) is 22.9 Å². The van der Waals surface area contributed by atoms with Crippen LogP contribution in [0.3, 0.4) is 0 Å². The smallest absolute Gasteiger partial charge is 0.149 e. The Balaban J connectivity index is 1.74. The summed E-state index contributed by atoms with van der Waals surface area (Å²) in [6.07, 6.45) is 4.66. The highest BCUT2D eigenvalue weighted by Crippen LogP contribution is 2.25. The molecule has 4 rings (SSSR count). The van der Waals surface area contributed by atoms with Gasteiger partial charge in [-0.1, -0.05) is 6.07 Å². The van der Waals surface area contributed by atoms with E-state index in [-0.39, 0.29) is 5.82 Å². The number of aromatic nitrogens is 4. The molecule has 0 aliphatic heterocycles. The largest absolute Gasteiger partial charge is 0.497 e. The third-order valence-corrected chi connectivity index (χ3v) is 3.98.